The van der Waals surface area contributed by atoms with Crippen molar-refractivity contribution in [3.8, 4) is 28.4 Å². The lowest BCUT2D eigenvalue weighted by Gasteiger charge is -2.08. The molecule has 0 unspecified atom stereocenters. The number of hydrogen-bond donors (Lipinski definition) is 2. The van der Waals surface area contributed by atoms with Gasteiger partial charge in [0.2, 0.25) is 0 Å². The Balaban J connectivity index is 1.69. The lowest BCUT2D eigenvalue weighted by atomic mass is 10.1. The first-order valence-corrected chi connectivity index (χ1v) is 10.6. The highest BCUT2D eigenvalue weighted by molar-refractivity contribution is 9.10. The fourth-order valence-electron chi connectivity index (χ4n) is 2.79. The van der Waals surface area contributed by atoms with E-state index in [1.54, 1.807) is 24.4 Å². The average molecular weight is 524 g/mol. The van der Waals surface area contributed by atoms with Crippen LogP contribution in [0.4, 0.5) is 5.82 Å². The van der Waals surface area contributed by atoms with Crippen LogP contribution >= 0.6 is 31.9 Å². The molecule has 30 heavy (non-hydrogen) atoms. The summed E-state index contributed by atoms with van der Waals surface area (Å²) in [6.45, 7) is 0. The highest BCUT2D eigenvalue weighted by Crippen LogP contribution is 2.25. The third-order valence-electron chi connectivity index (χ3n) is 4.27. The fraction of sp³-hybridized carbons (Fsp3) is 0. The van der Waals surface area contributed by atoms with E-state index in [2.05, 4.69) is 47.4 Å². The zero-order chi connectivity index (χ0) is 20.9. The van der Waals surface area contributed by atoms with E-state index in [9.17, 15) is 5.11 Å². The molecule has 7 heteroatoms. The summed E-state index contributed by atoms with van der Waals surface area (Å²) in [4.78, 5) is 9.34. The van der Waals surface area contributed by atoms with Gasteiger partial charge in [0.1, 0.15) is 5.75 Å². The number of anilines is 1. The van der Waals surface area contributed by atoms with Gasteiger partial charge >= 0.3 is 0 Å². The maximum atomic E-state index is 9.97. The minimum atomic E-state index is 0.145. The summed E-state index contributed by atoms with van der Waals surface area (Å²) in [5.74, 6) is 1.28. The van der Waals surface area contributed by atoms with Gasteiger partial charge in [-0.1, -0.05) is 74.3 Å². The molecule has 0 atom stereocenters. The molecule has 1 aromatic heterocycles. The third-order valence-corrected chi connectivity index (χ3v) is 5.29. The molecule has 3 aromatic carbocycles. The predicted molar refractivity (Wildman–Crippen MR) is 128 cm³/mol. The number of hydrogen-bond acceptors (Lipinski definition) is 5. The van der Waals surface area contributed by atoms with E-state index in [4.69, 9.17) is 4.98 Å². The smallest absolute Gasteiger partial charge is 0.162 e. The zero-order valence-electron chi connectivity index (χ0n) is 15.6. The van der Waals surface area contributed by atoms with Gasteiger partial charge in [0.25, 0.3) is 0 Å². The maximum Gasteiger partial charge on any atom is 0.162 e. The summed E-state index contributed by atoms with van der Waals surface area (Å²) in [5.41, 5.74) is 6.20. The lowest BCUT2D eigenvalue weighted by Crippen LogP contribution is -1.99. The fourth-order valence-corrected chi connectivity index (χ4v) is 3.43. The second kappa shape index (κ2) is 9.19. The molecule has 0 bridgehead atoms. The number of halogens is 2. The van der Waals surface area contributed by atoms with E-state index >= 15 is 0 Å². The van der Waals surface area contributed by atoms with Crippen LogP contribution in [0.15, 0.2) is 92.9 Å². The van der Waals surface area contributed by atoms with Crippen LogP contribution in [0.3, 0.4) is 0 Å². The molecule has 4 rings (SSSR count). The number of aromatic nitrogens is 2. The van der Waals surface area contributed by atoms with Crippen molar-refractivity contribution in [3.63, 3.8) is 0 Å². The van der Waals surface area contributed by atoms with Gasteiger partial charge in [-0.05, 0) is 30.3 Å². The van der Waals surface area contributed by atoms with Crippen molar-refractivity contribution in [1.82, 2.24) is 9.97 Å². The molecule has 0 spiro atoms. The van der Waals surface area contributed by atoms with E-state index in [-0.39, 0.29) is 5.75 Å². The molecule has 0 saturated carbocycles. The number of aromatic hydroxyl groups is 1. The molecular formula is C23H16Br2N4O. The zero-order valence-corrected chi connectivity index (χ0v) is 18.8. The van der Waals surface area contributed by atoms with Gasteiger partial charge in [0.05, 0.1) is 11.9 Å². The number of rotatable bonds is 5. The molecule has 0 fully saturated rings. The first-order chi connectivity index (χ1) is 14.6. The van der Waals surface area contributed by atoms with E-state index in [1.165, 1.54) is 0 Å². The Morgan fingerprint density at radius 3 is 2.30 bits per heavy atom. The van der Waals surface area contributed by atoms with Crippen LogP contribution in [0.25, 0.3) is 22.6 Å². The van der Waals surface area contributed by atoms with Gasteiger partial charge in [-0.15, -0.1) is 0 Å². The van der Waals surface area contributed by atoms with Crippen molar-refractivity contribution in [1.29, 1.82) is 0 Å². The van der Waals surface area contributed by atoms with Crippen molar-refractivity contribution < 1.29 is 5.11 Å². The van der Waals surface area contributed by atoms with E-state index in [0.717, 1.165) is 25.8 Å². The summed E-state index contributed by atoms with van der Waals surface area (Å²) in [6.07, 6.45) is 1.55. The van der Waals surface area contributed by atoms with Crippen LogP contribution in [0.2, 0.25) is 0 Å². The van der Waals surface area contributed by atoms with Crippen molar-refractivity contribution in [2.75, 3.05) is 5.43 Å². The number of phenolic OH excluding ortho intramolecular Hbond substituents is 1. The summed E-state index contributed by atoms with van der Waals surface area (Å²) < 4.78 is 1.84. The highest BCUT2D eigenvalue weighted by atomic mass is 79.9. The standard InChI is InChI=1S/C23H16Br2N4O/c24-18-8-6-16(7-9-18)23-27-20(15-4-2-1-3-5-15)13-22(28-23)29-26-14-17-12-19(25)10-11-21(17)30/h1-14,30H,(H,27,28,29)/b26-14+. The van der Waals surface area contributed by atoms with Crippen LogP contribution < -0.4 is 5.43 Å². The summed E-state index contributed by atoms with van der Waals surface area (Å²) in [7, 11) is 0. The van der Waals surface area contributed by atoms with Gasteiger partial charge < -0.3 is 5.11 Å². The molecule has 1 heterocycles. The van der Waals surface area contributed by atoms with Gasteiger partial charge in [-0.25, -0.2) is 9.97 Å². The van der Waals surface area contributed by atoms with Crippen LogP contribution in [0.1, 0.15) is 5.56 Å². The number of benzene rings is 3. The van der Waals surface area contributed by atoms with E-state index < -0.39 is 0 Å². The number of phenols is 1. The SMILES string of the molecule is Oc1ccc(Br)cc1/C=N/Nc1cc(-c2ccccc2)nc(-c2ccc(Br)cc2)n1. The highest BCUT2D eigenvalue weighted by Gasteiger charge is 2.09. The Morgan fingerprint density at radius 1 is 0.800 bits per heavy atom. The van der Waals surface area contributed by atoms with Gasteiger partial charge in [0, 0.05) is 31.7 Å². The number of nitrogens with zero attached hydrogens (tertiary/aromatic N) is 3. The lowest BCUT2D eigenvalue weighted by molar-refractivity contribution is 0.474. The Morgan fingerprint density at radius 2 is 1.53 bits per heavy atom. The molecule has 0 aliphatic carbocycles. The average Bonchev–Trinajstić information content (AvgIpc) is 2.77. The molecule has 0 aliphatic rings. The molecule has 2 N–H and O–H groups in total. The minimum Gasteiger partial charge on any atom is -0.507 e. The molecule has 0 amide bonds. The largest absolute Gasteiger partial charge is 0.507 e. The summed E-state index contributed by atoms with van der Waals surface area (Å²) in [6, 6.07) is 24.7. The van der Waals surface area contributed by atoms with Gasteiger partial charge in [0.15, 0.2) is 11.6 Å². The predicted octanol–water partition coefficient (Wildman–Crippen LogP) is 6.49. The molecular weight excluding hydrogens is 508 g/mol. The topological polar surface area (TPSA) is 70.4 Å². The monoisotopic (exact) mass is 522 g/mol. The first kappa shape index (κ1) is 20.3. The first-order valence-electron chi connectivity index (χ1n) is 9.06. The second-order valence-corrected chi connectivity index (χ2v) is 8.24. The van der Waals surface area contributed by atoms with Crippen LogP contribution in [0, 0.1) is 0 Å². The van der Waals surface area contributed by atoms with Gasteiger partial charge in [-0.2, -0.15) is 5.10 Å². The third kappa shape index (κ3) is 4.93. The van der Waals surface area contributed by atoms with Crippen molar-refractivity contribution >= 4 is 43.9 Å². The molecule has 0 saturated heterocycles. The van der Waals surface area contributed by atoms with Crippen LogP contribution in [-0.2, 0) is 0 Å². The molecule has 0 aliphatic heterocycles. The Bertz CT molecular complexity index is 1200. The van der Waals surface area contributed by atoms with Gasteiger partial charge in [-0.3, -0.25) is 5.43 Å². The summed E-state index contributed by atoms with van der Waals surface area (Å²) in [5, 5.41) is 14.2. The number of nitrogens with one attached hydrogen (secondary N) is 1. The van der Waals surface area contributed by atoms with Crippen molar-refractivity contribution in [3.05, 3.63) is 93.4 Å². The quantitative estimate of drug-likeness (QED) is 0.232. The normalized spacial score (nSPS) is 11.0. The van der Waals surface area contributed by atoms with Crippen LogP contribution in [0.5, 0.6) is 5.75 Å². The Hall–Kier alpha value is -3.03. The summed E-state index contributed by atoms with van der Waals surface area (Å²) >= 11 is 6.85. The van der Waals surface area contributed by atoms with Crippen molar-refractivity contribution in [2.24, 2.45) is 5.10 Å². The number of hydrazone groups is 1. The molecule has 0 radical (unpaired) electrons. The molecule has 5 nitrogen and oxygen atoms in total. The Kier molecular flexibility index (Phi) is 6.21. The van der Waals surface area contributed by atoms with Crippen LogP contribution in [-0.4, -0.2) is 21.3 Å². The van der Waals surface area contributed by atoms with E-state index in [1.807, 2.05) is 60.7 Å². The van der Waals surface area contributed by atoms with E-state index in [0.29, 0.717) is 17.2 Å². The molecule has 148 valence electrons. The maximum absolute atomic E-state index is 9.97. The minimum absolute atomic E-state index is 0.145. The molecule has 4 aromatic rings. The Labute approximate surface area is 190 Å². The second-order valence-electron chi connectivity index (χ2n) is 6.41. The van der Waals surface area contributed by atoms with Crippen molar-refractivity contribution in [2.45, 2.75) is 0 Å².